The first kappa shape index (κ1) is 20.4. The number of anilines is 1. The summed E-state index contributed by atoms with van der Waals surface area (Å²) in [6.07, 6.45) is 0.565. The number of carbonyl (C=O) groups excluding carboxylic acids is 1. The molecular weight excluding hydrogens is 372 g/mol. The molecule has 2 aliphatic heterocycles. The zero-order valence-corrected chi connectivity index (χ0v) is 16.6. The Kier molecular flexibility index (Phi) is 6.60. The fourth-order valence-electron chi connectivity index (χ4n) is 3.18. The van der Waals surface area contributed by atoms with Gasteiger partial charge < -0.3 is 29.6 Å². The number of halogens is 1. The van der Waals surface area contributed by atoms with E-state index in [1.54, 1.807) is 24.3 Å². The van der Waals surface area contributed by atoms with E-state index < -0.39 is 12.1 Å². The molecule has 0 aliphatic carbocycles. The largest absolute Gasteiger partial charge is 0.373 e. The molecule has 2 heterocycles. The maximum atomic E-state index is 12.2. The number of unbranched alkanes of at least 4 members (excludes halogenated alkanes) is 1. The first-order chi connectivity index (χ1) is 12.9. The summed E-state index contributed by atoms with van der Waals surface area (Å²) in [4.78, 5) is 12.2. The summed E-state index contributed by atoms with van der Waals surface area (Å²) in [7, 11) is 0. The van der Waals surface area contributed by atoms with Gasteiger partial charge >= 0.3 is 6.03 Å². The Morgan fingerprint density at radius 2 is 2.00 bits per heavy atom. The molecule has 0 radical (unpaired) electrons. The fourth-order valence-corrected chi connectivity index (χ4v) is 3.30. The number of benzene rings is 1. The Balaban J connectivity index is 1.54. The van der Waals surface area contributed by atoms with E-state index >= 15 is 0 Å². The number of hydrogen-bond acceptors (Lipinski definition) is 5. The zero-order chi connectivity index (χ0) is 19.4. The number of carbonyl (C=O) groups is 1. The van der Waals surface area contributed by atoms with Crippen LogP contribution in [0.5, 0.6) is 0 Å². The molecule has 27 heavy (non-hydrogen) atoms. The number of hydrogen-bond donors (Lipinski definition) is 2. The van der Waals surface area contributed by atoms with E-state index in [-0.39, 0.29) is 30.9 Å². The van der Waals surface area contributed by atoms with Crippen molar-refractivity contribution in [2.24, 2.45) is 0 Å². The highest BCUT2D eigenvalue weighted by Crippen LogP contribution is 2.38. The Labute approximate surface area is 164 Å². The molecule has 150 valence electrons. The lowest BCUT2D eigenvalue weighted by Gasteiger charge is -2.26. The quantitative estimate of drug-likeness (QED) is 0.687. The van der Waals surface area contributed by atoms with Crippen molar-refractivity contribution >= 4 is 23.3 Å². The predicted octanol–water partition coefficient (Wildman–Crippen LogP) is 3.52. The maximum Gasteiger partial charge on any atom is 0.319 e. The molecule has 2 aliphatic rings. The molecule has 0 spiro atoms. The number of amides is 2. The van der Waals surface area contributed by atoms with Crippen LogP contribution < -0.4 is 10.6 Å². The molecule has 0 bridgehead atoms. The molecule has 2 amide bonds. The monoisotopic (exact) mass is 398 g/mol. The van der Waals surface area contributed by atoms with Gasteiger partial charge in [-0.15, -0.1) is 0 Å². The molecule has 0 aromatic heterocycles. The van der Waals surface area contributed by atoms with E-state index in [2.05, 4.69) is 17.6 Å². The van der Waals surface area contributed by atoms with Crippen molar-refractivity contribution in [1.29, 1.82) is 0 Å². The Bertz CT molecular complexity index is 639. The molecule has 8 heteroatoms. The second-order valence-corrected chi connectivity index (χ2v) is 7.61. The van der Waals surface area contributed by atoms with Gasteiger partial charge in [-0.25, -0.2) is 4.79 Å². The summed E-state index contributed by atoms with van der Waals surface area (Å²) in [6.45, 7) is 6.71. The zero-order valence-electron chi connectivity index (χ0n) is 15.9. The predicted molar refractivity (Wildman–Crippen MR) is 102 cm³/mol. The third-order valence-corrected chi connectivity index (χ3v) is 4.71. The summed E-state index contributed by atoms with van der Waals surface area (Å²) in [6, 6.07) is 6.57. The van der Waals surface area contributed by atoms with E-state index in [4.69, 9.17) is 30.5 Å². The van der Waals surface area contributed by atoms with Gasteiger partial charge in [0, 0.05) is 23.9 Å². The Morgan fingerprint density at radius 1 is 1.26 bits per heavy atom. The molecule has 1 aromatic rings. The molecule has 0 unspecified atom stereocenters. The van der Waals surface area contributed by atoms with Gasteiger partial charge in [0.25, 0.3) is 0 Å². The molecule has 2 saturated heterocycles. The first-order valence-corrected chi connectivity index (χ1v) is 9.69. The van der Waals surface area contributed by atoms with E-state index in [0.29, 0.717) is 17.3 Å². The molecule has 7 nitrogen and oxygen atoms in total. The lowest BCUT2D eigenvalue weighted by molar-refractivity contribution is -0.217. The third kappa shape index (κ3) is 5.33. The van der Waals surface area contributed by atoms with E-state index in [1.807, 2.05) is 13.8 Å². The van der Waals surface area contributed by atoms with Gasteiger partial charge in [0.15, 0.2) is 12.1 Å². The van der Waals surface area contributed by atoms with Crippen molar-refractivity contribution in [2.75, 3.05) is 18.5 Å². The van der Waals surface area contributed by atoms with Gasteiger partial charge in [-0.3, -0.25) is 0 Å². The van der Waals surface area contributed by atoms with Crippen LogP contribution in [-0.4, -0.2) is 49.6 Å². The SMILES string of the molecule is CCCCO[C@H]1[C@H]2OC(C)(C)O[C@H]2O[C@@H]1CNC(=O)Nc1ccc(Cl)cc1. The van der Waals surface area contributed by atoms with Crippen LogP contribution in [0.15, 0.2) is 24.3 Å². The molecule has 1 aromatic carbocycles. The van der Waals surface area contributed by atoms with Gasteiger partial charge in [-0.2, -0.15) is 0 Å². The average Bonchev–Trinajstić information content (AvgIpc) is 3.07. The van der Waals surface area contributed by atoms with Crippen LogP contribution in [-0.2, 0) is 18.9 Å². The number of fused-ring (bicyclic) bond motifs is 1. The number of urea groups is 1. The van der Waals surface area contributed by atoms with Gasteiger partial charge in [0.2, 0.25) is 0 Å². The van der Waals surface area contributed by atoms with E-state index in [1.165, 1.54) is 0 Å². The highest BCUT2D eigenvalue weighted by Gasteiger charge is 2.55. The summed E-state index contributed by atoms with van der Waals surface area (Å²) in [5.41, 5.74) is 0.658. The smallest absolute Gasteiger partial charge is 0.319 e. The molecule has 4 atom stereocenters. The highest BCUT2D eigenvalue weighted by molar-refractivity contribution is 6.30. The summed E-state index contributed by atoms with van der Waals surface area (Å²) in [5.74, 6) is -0.702. The minimum absolute atomic E-state index is 0.288. The van der Waals surface area contributed by atoms with Crippen molar-refractivity contribution in [2.45, 2.75) is 64.0 Å². The molecule has 3 rings (SSSR count). The van der Waals surface area contributed by atoms with Crippen molar-refractivity contribution in [3.8, 4) is 0 Å². The number of rotatable bonds is 7. The molecular formula is C19H27ClN2O5. The van der Waals surface area contributed by atoms with Crippen LogP contribution in [0.3, 0.4) is 0 Å². The van der Waals surface area contributed by atoms with Crippen LogP contribution >= 0.6 is 11.6 Å². The van der Waals surface area contributed by atoms with Gasteiger partial charge in [0.1, 0.15) is 18.3 Å². The lowest BCUT2D eigenvalue weighted by Crippen LogP contribution is -2.44. The normalized spacial score (nSPS) is 28.7. The van der Waals surface area contributed by atoms with Crippen molar-refractivity contribution < 1.29 is 23.7 Å². The average molecular weight is 399 g/mol. The topological polar surface area (TPSA) is 78.1 Å². The summed E-state index contributed by atoms with van der Waals surface area (Å²) in [5, 5.41) is 6.19. The fraction of sp³-hybridized carbons (Fsp3) is 0.632. The van der Waals surface area contributed by atoms with Gasteiger partial charge in [0.05, 0.1) is 0 Å². The Hall–Kier alpha value is -1.38. The molecule has 0 saturated carbocycles. The molecule has 2 N–H and O–H groups in total. The number of ether oxygens (including phenoxy) is 4. The second-order valence-electron chi connectivity index (χ2n) is 7.17. The van der Waals surface area contributed by atoms with Crippen LogP contribution in [0.1, 0.15) is 33.6 Å². The summed E-state index contributed by atoms with van der Waals surface area (Å²) < 4.78 is 23.7. The van der Waals surface area contributed by atoms with Crippen LogP contribution in [0.2, 0.25) is 5.02 Å². The van der Waals surface area contributed by atoms with Crippen LogP contribution in [0.25, 0.3) is 0 Å². The standard InChI is InChI=1S/C19H27ClN2O5/c1-4-5-10-24-15-14(25-17-16(15)26-19(2,3)27-17)11-21-18(23)22-13-8-6-12(20)7-9-13/h6-9,14-17H,4-5,10-11H2,1-3H3,(H2,21,22,23)/t14-,15-,16-,17-/m1/s1. The highest BCUT2D eigenvalue weighted by atomic mass is 35.5. The van der Waals surface area contributed by atoms with Crippen LogP contribution in [0, 0.1) is 0 Å². The van der Waals surface area contributed by atoms with Crippen molar-refractivity contribution in [3.05, 3.63) is 29.3 Å². The summed E-state index contributed by atoms with van der Waals surface area (Å²) >= 11 is 5.85. The van der Waals surface area contributed by atoms with Gasteiger partial charge in [-0.1, -0.05) is 24.9 Å². The first-order valence-electron chi connectivity index (χ1n) is 9.31. The minimum atomic E-state index is -0.702. The second kappa shape index (κ2) is 8.75. The lowest BCUT2D eigenvalue weighted by atomic mass is 10.1. The van der Waals surface area contributed by atoms with E-state index in [0.717, 1.165) is 12.8 Å². The van der Waals surface area contributed by atoms with Crippen LogP contribution in [0.4, 0.5) is 10.5 Å². The maximum absolute atomic E-state index is 12.2. The molecule has 2 fully saturated rings. The van der Waals surface area contributed by atoms with Crippen molar-refractivity contribution in [1.82, 2.24) is 5.32 Å². The number of nitrogens with one attached hydrogen (secondary N) is 2. The Morgan fingerprint density at radius 3 is 2.70 bits per heavy atom. The van der Waals surface area contributed by atoms with E-state index in [9.17, 15) is 4.79 Å². The van der Waals surface area contributed by atoms with Crippen molar-refractivity contribution in [3.63, 3.8) is 0 Å². The van der Waals surface area contributed by atoms with Gasteiger partial charge in [-0.05, 0) is 44.5 Å². The minimum Gasteiger partial charge on any atom is -0.373 e. The third-order valence-electron chi connectivity index (χ3n) is 4.46.